The first-order valence-corrected chi connectivity index (χ1v) is 6.50. The van der Waals surface area contributed by atoms with Crippen LogP contribution in [0.25, 0.3) is 0 Å². The van der Waals surface area contributed by atoms with Crippen LogP contribution in [-0.2, 0) is 0 Å². The molecule has 1 aromatic rings. The average molecular weight is 234 g/mol. The third-order valence-electron chi connectivity index (χ3n) is 3.61. The van der Waals surface area contributed by atoms with Crippen molar-refractivity contribution in [2.75, 3.05) is 13.1 Å². The molecular weight excluding hydrogens is 212 g/mol. The fraction of sp³-hybridized carbons (Fsp3) is 0.571. The summed E-state index contributed by atoms with van der Waals surface area (Å²) in [5, 5.41) is 9.95. The topological polar surface area (TPSA) is 49.5 Å². The van der Waals surface area contributed by atoms with Gasteiger partial charge in [0, 0.05) is 24.2 Å². The number of para-hydroxylation sites is 1. The predicted octanol–water partition coefficient (Wildman–Crippen LogP) is 2.27. The molecule has 1 fully saturated rings. The molecule has 0 spiro atoms. The van der Waals surface area contributed by atoms with Crippen LogP contribution in [0.15, 0.2) is 24.3 Å². The monoisotopic (exact) mass is 234 g/mol. The maximum absolute atomic E-state index is 9.95. The normalized spacial score (nSPS) is 23.5. The molecule has 3 nitrogen and oxygen atoms in total. The number of phenols is 1. The maximum atomic E-state index is 9.95. The van der Waals surface area contributed by atoms with Crippen molar-refractivity contribution in [2.45, 2.75) is 38.3 Å². The van der Waals surface area contributed by atoms with Gasteiger partial charge in [-0.1, -0.05) is 25.1 Å². The van der Waals surface area contributed by atoms with Gasteiger partial charge in [-0.25, -0.2) is 0 Å². The van der Waals surface area contributed by atoms with Crippen molar-refractivity contribution in [1.82, 2.24) is 4.90 Å². The molecular formula is C14H22N2O. The van der Waals surface area contributed by atoms with Crippen LogP contribution >= 0.6 is 0 Å². The van der Waals surface area contributed by atoms with Crippen molar-refractivity contribution >= 4 is 0 Å². The van der Waals surface area contributed by atoms with Gasteiger partial charge in [0.1, 0.15) is 5.75 Å². The molecule has 0 saturated carbocycles. The molecule has 0 amide bonds. The van der Waals surface area contributed by atoms with Crippen LogP contribution in [0.4, 0.5) is 0 Å². The van der Waals surface area contributed by atoms with Gasteiger partial charge in [0.15, 0.2) is 0 Å². The van der Waals surface area contributed by atoms with Crippen molar-refractivity contribution in [3.05, 3.63) is 29.8 Å². The van der Waals surface area contributed by atoms with Crippen LogP contribution in [0.3, 0.4) is 0 Å². The van der Waals surface area contributed by atoms with Gasteiger partial charge in [-0.3, -0.25) is 4.90 Å². The first-order valence-electron chi connectivity index (χ1n) is 6.50. The highest BCUT2D eigenvalue weighted by molar-refractivity contribution is 5.34. The lowest BCUT2D eigenvalue weighted by Gasteiger charge is -2.37. The van der Waals surface area contributed by atoms with E-state index in [-0.39, 0.29) is 6.04 Å². The Morgan fingerprint density at radius 2 is 2.24 bits per heavy atom. The van der Waals surface area contributed by atoms with Gasteiger partial charge < -0.3 is 10.8 Å². The number of nitrogens with zero attached hydrogens (tertiary/aromatic N) is 1. The lowest BCUT2D eigenvalue weighted by Crippen LogP contribution is -2.44. The summed E-state index contributed by atoms with van der Waals surface area (Å²) < 4.78 is 0. The summed E-state index contributed by atoms with van der Waals surface area (Å²) in [6, 6.07) is 8.21. The highest BCUT2D eigenvalue weighted by Gasteiger charge is 2.25. The first kappa shape index (κ1) is 12.4. The van der Waals surface area contributed by atoms with E-state index in [1.165, 1.54) is 0 Å². The molecule has 2 rings (SSSR count). The lowest BCUT2D eigenvalue weighted by atomic mass is 9.97. The molecule has 0 aromatic heterocycles. The van der Waals surface area contributed by atoms with Gasteiger partial charge >= 0.3 is 0 Å². The molecule has 0 bridgehead atoms. The highest BCUT2D eigenvalue weighted by atomic mass is 16.3. The number of piperidine rings is 1. The van der Waals surface area contributed by atoms with E-state index in [2.05, 4.69) is 11.8 Å². The van der Waals surface area contributed by atoms with Crippen LogP contribution in [0.5, 0.6) is 5.75 Å². The summed E-state index contributed by atoms with van der Waals surface area (Å²) in [7, 11) is 0. The lowest BCUT2D eigenvalue weighted by molar-refractivity contribution is 0.143. The van der Waals surface area contributed by atoms with Gasteiger partial charge in [0.05, 0.1) is 0 Å². The molecule has 0 radical (unpaired) electrons. The van der Waals surface area contributed by atoms with Crippen LogP contribution in [0.2, 0.25) is 0 Å². The zero-order chi connectivity index (χ0) is 12.3. The second-order valence-electron chi connectivity index (χ2n) is 4.88. The number of hydrogen-bond donors (Lipinski definition) is 2. The molecule has 1 saturated heterocycles. The van der Waals surface area contributed by atoms with E-state index in [1.807, 2.05) is 18.2 Å². The Morgan fingerprint density at radius 3 is 2.88 bits per heavy atom. The summed E-state index contributed by atoms with van der Waals surface area (Å²) in [4.78, 5) is 2.41. The SMILES string of the molecule is CCC(c1ccccc1O)N1CCCC(N)C1. The Kier molecular flexibility index (Phi) is 4.02. The minimum Gasteiger partial charge on any atom is -0.508 e. The summed E-state index contributed by atoms with van der Waals surface area (Å²) in [6.45, 7) is 4.19. The minimum absolute atomic E-state index is 0.281. The van der Waals surface area contributed by atoms with Crippen LogP contribution in [0.1, 0.15) is 37.8 Å². The molecule has 1 aliphatic rings. The number of aromatic hydroxyl groups is 1. The molecule has 2 atom stereocenters. The van der Waals surface area contributed by atoms with Crippen molar-refractivity contribution < 1.29 is 5.11 Å². The number of rotatable bonds is 3. The van der Waals surface area contributed by atoms with Crippen molar-refractivity contribution in [2.24, 2.45) is 5.73 Å². The standard InChI is InChI=1S/C14H22N2O/c1-2-13(12-7-3-4-8-14(12)17)16-9-5-6-11(15)10-16/h3-4,7-8,11,13,17H,2,5-6,9-10,15H2,1H3. The van der Waals surface area contributed by atoms with Crippen molar-refractivity contribution in [3.8, 4) is 5.75 Å². The molecule has 3 N–H and O–H groups in total. The number of benzene rings is 1. The number of phenolic OH excluding ortho intramolecular Hbond substituents is 1. The fourth-order valence-electron chi connectivity index (χ4n) is 2.77. The highest BCUT2D eigenvalue weighted by Crippen LogP contribution is 2.32. The molecule has 2 unspecified atom stereocenters. The second-order valence-corrected chi connectivity index (χ2v) is 4.88. The summed E-state index contributed by atoms with van der Waals surface area (Å²) >= 11 is 0. The van der Waals surface area contributed by atoms with Gasteiger partial charge in [-0.05, 0) is 31.9 Å². The summed E-state index contributed by atoms with van der Waals surface area (Å²) in [5.74, 6) is 0.401. The van der Waals surface area contributed by atoms with E-state index in [4.69, 9.17) is 5.73 Å². The van der Waals surface area contributed by atoms with E-state index in [0.29, 0.717) is 11.8 Å². The van der Waals surface area contributed by atoms with E-state index in [0.717, 1.165) is 37.9 Å². The Morgan fingerprint density at radius 1 is 1.47 bits per heavy atom. The molecule has 17 heavy (non-hydrogen) atoms. The van der Waals surface area contributed by atoms with Crippen LogP contribution in [0, 0.1) is 0 Å². The Hall–Kier alpha value is -1.06. The smallest absolute Gasteiger partial charge is 0.120 e. The zero-order valence-corrected chi connectivity index (χ0v) is 10.5. The molecule has 1 aliphatic heterocycles. The molecule has 1 heterocycles. The third-order valence-corrected chi connectivity index (χ3v) is 3.61. The van der Waals surface area contributed by atoms with E-state index >= 15 is 0 Å². The third kappa shape index (κ3) is 2.79. The maximum Gasteiger partial charge on any atom is 0.120 e. The van der Waals surface area contributed by atoms with Gasteiger partial charge in [-0.2, -0.15) is 0 Å². The quantitative estimate of drug-likeness (QED) is 0.843. The van der Waals surface area contributed by atoms with Crippen molar-refractivity contribution in [3.63, 3.8) is 0 Å². The largest absolute Gasteiger partial charge is 0.508 e. The predicted molar refractivity (Wildman–Crippen MR) is 69.9 cm³/mol. The molecule has 94 valence electrons. The van der Waals surface area contributed by atoms with E-state index in [1.54, 1.807) is 6.07 Å². The zero-order valence-electron chi connectivity index (χ0n) is 10.5. The Labute approximate surface area is 103 Å². The molecule has 3 heteroatoms. The summed E-state index contributed by atoms with van der Waals surface area (Å²) in [6.07, 6.45) is 3.28. The molecule has 1 aromatic carbocycles. The van der Waals surface area contributed by atoms with Crippen molar-refractivity contribution in [1.29, 1.82) is 0 Å². The van der Waals surface area contributed by atoms with Gasteiger partial charge in [-0.15, -0.1) is 0 Å². The van der Waals surface area contributed by atoms with Gasteiger partial charge in [0.25, 0.3) is 0 Å². The second kappa shape index (κ2) is 5.52. The number of likely N-dealkylation sites (tertiary alicyclic amines) is 1. The Bertz CT molecular complexity index is 367. The van der Waals surface area contributed by atoms with Crippen LogP contribution < -0.4 is 5.73 Å². The number of hydrogen-bond acceptors (Lipinski definition) is 3. The van der Waals surface area contributed by atoms with Gasteiger partial charge in [0.2, 0.25) is 0 Å². The van der Waals surface area contributed by atoms with Crippen LogP contribution in [-0.4, -0.2) is 29.1 Å². The minimum atomic E-state index is 0.281. The van der Waals surface area contributed by atoms with E-state index < -0.39 is 0 Å². The fourth-order valence-corrected chi connectivity index (χ4v) is 2.77. The first-order chi connectivity index (χ1) is 8.22. The average Bonchev–Trinajstić information content (AvgIpc) is 2.33. The molecule has 0 aliphatic carbocycles. The van der Waals surface area contributed by atoms with E-state index in [9.17, 15) is 5.11 Å². The Balaban J connectivity index is 2.18. The summed E-state index contributed by atoms with van der Waals surface area (Å²) in [5.41, 5.74) is 7.06. The number of nitrogens with two attached hydrogens (primary N) is 1.